The summed E-state index contributed by atoms with van der Waals surface area (Å²) in [4.78, 5) is 2.11. The van der Waals surface area contributed by atoms with Crippen molar-refractivity contribution in [3.8, 4) is 0 Å². The fraction of sp³-hybridized carbons (Fsp3) is 0.529. The van der Waals surface area contributed by atoms with Gasteiger partial charge in [0.15, 0.2) is 5.88 Å². The van der Waals surface area contributed by atoms with Crippen LogP contribution in [0.2, 0.25) is 18.1 Å². The lowest BCUT2D eigenvalue weighted by molar-refractivity contribution is 0.224. The minimum Gasteiger partial charge on any atom is -0.532 e. The largest absolute Gasteiger partial charge is 0.532 e. The Balaban J connectivity index is 5.44. The van der Waals surface area contributed by atoms with Crippen molar-refractivity contribution in [2.45, 2.75) is 58.8 Å². The number of nitrogens with zero attached hydrogens (tertiary/aromatic N) is 1. The van der Waals surface area contributed by atoms with Crippen LogP contribution in [0.15, 0.2) is 49.5 Å². The third-order valence-corrected chi connectivity index (χ3v) is 7.95. The molecule has 0 rings (SSSR count). The second-order valence-electron chi connectivity index (χ2n) is 6.68. The third-order valence-electron chi connectivity index (χ3n) is 3.62. The maximum Gasteiger partial charge on any atom is 0.252 e. The van der Waals surface area contributed by atoms with E-state index < -0.39 is 8.32 Å². The summed E-state index contributed by atoms with van der Waals surface area (Å²) in [5.74, 6) is 0.861. The van der Waals surface area contributed by atoms with Gasteiger partial charge in [-0.05, 0) is 44.1 Å². The predicted octanol–water partition coefficient (Wildman–Crippen LogP) is 5.45. The van der Waals surface area contributed by atoms with Gasteiger partial charge in [0.1, 0.15) is 0 Å². The number of rotatable bonds is 7. The predicted molar refractivity (Wildman–Crippen MR) is 92.9 cm³/mol. The Kier molecular flexibility index (Phi) is 7.07. The first-order valence-corrected chi connectivity index (χ1v) is 10.1. The molecule has 0 aliphatic carbocycles. The van der Waals surface area contributed by atoms with E-state index >= 15 is 0 Å². The quantitative estimate of drug-likeness (QED) is 0.352. The van der Waals surface area contributed by atoms with Crippen LogP contribution >= 0.6 is 0 Å². The molecule has 0 atom stereocenters. The van der Waals surface area contributed by atoms with Crippen molar-refractivity contribution in [2.24, 2.45) is 0 Å². The zero-order valence-electron chi connectivity index (χ0n) is 14.2. The first-order chi connectivity index (χ1) is 9.06. The Morgan fingerprint density at radius 3 is 2.05 bits per heavy atom. The van der Waals surface area contributed by atoms with Crippen LogP contribution in [0.1, 0.15) is 34.6 Å². The highest BCUT2D eigenvalue weighted by Crippen LogP contribution is 2.38. The molecular weight excluding hydrogens is 262 g/mol. The van der Waals surface area contributed by atoms with E-state index in [1.54, 1.807) is 12.2 Å². The van der Waals surface area contributed by atoms with Crippen molar-refractivity contribution in [1.29, 1.82) is 0 Å². The van der Waals surface area contributed by atoms with E-state index in [1.807, 2.05) is 18.4 Å². The molecule has 0 saturated carbocycles. The van der Waals surface area contributed by atoms with Gasteiger partial charge in [0.25, 0.3) is 8.32 Å². The number of allylic oxidation sites excluding steroid dienone is 4. The van der Waals surface area contributed by atoms with E-state index in [1.165, 1.54) is 0 Å². The second kappa shape index (κ2) is 7.53. The van der Waals surface area contributed by atoms with E-state index in [0.717, 1.165) is 5.88 Å². The maximum atomic E-state index is 6.43. The first kappa shape index (κ1) is 18.8. The molecule has 0 aliphatic heterocycles. The molecule has 0 N–H and O–H groups in total. The smallest absolute Gasteiger partial charge is 0.252 e. The molecule has 0 spiro atoms. The van der Waals surface area contributed by atoms with Crippen LogP contribution in [-0.4, -0.2) is 19.3 Å². The maximum absolute atomic E-state index is 6.43. The highest BCUT2D eigenvalue weighted by atomic mass is 28.4. The molecule has 3 heteroatoms. The summed E-state index contributed by atoms with van der Waals surface area (Å²) >= 11 is 0. The van der Waals surface area contributed by atoms with Gasteiger partial charge in [-0.1, -0.05) is 46.1 Å². The second-order valence-corrected chi connectivity index (χ2v) is 11.4. The Labute approximate surface area is 126 Å². The Morgan fingerprint density at radius 1 is 1.15 bits per heavy atom. The summed E-state index contributed by atoms with van der Waals surface area (Å²) in [6.45, 7) is 23.0. The van der Waals surface area contributed by atoms with Crippen LogP contribution in [-0.2, 0) is 4.43 Å². The Morgan fingerprint density at radius 2 is 1.70 bits per heavy atom. The number of hydrogen-bond acceptors (Lipinski definition) is 2. The molecule has 0 aromatic carbocycles. The van der Waals surface area contributed by atoms with Crippen LogP contribution in [0.5, 0.6) is 0 Å². The van der Waals surface area contributed by atoms with Gasteiger partial charge in [-0.15, -0.1) is 0 Å². The van der Waals surface area contributed by atoms with E-state index in [2.05, 4.69) is 65.8 Å². The van der Waals surface area contributed by atoms with Crippen molar-refractivity contribution < 1.29 is 4.43 Å². The summed E-state index contributed by atoms with van der Waals surface area (Å²) in [7, 11) is -1.87. The van der Waals surface area contributed by atoms with Gasteiger partial charge in [-0.2, -0.15) is 0 Å². The van der Waals surface area contributed by atoms with Gasteiger partial charge in [-0.25, -0.2) is 0 Å². The molecule has 0 aromatic rings. The van der Waals surface area contributed by atoms with Gasteiger partial charge in [0.05, 0.1) is 0 Å². The monoisotopic (exact) mass is 293 g/mol. The average Bonchev–Trinajstić information content (AvgIpc) is 2.27. The molecule has 2 nitrogen and oxygen atoms in total. The minimum absolute atomic E-state index is 0.165. The molecule has 0 bridgehead atoms. The third kappa shape index (κ3) is 5.41. The first-order valence-electron chi connectivity index (χ1n) is 7.16. The van der Waals surface area contributed by atoms with Gasteiger partial charge in [0.2, 0.25) is 0 Å². The summed E-state index contributed by atoms with van der Waals surface area (Å²) in [5.41, 5.74) is 0. The molecule has 0 aromatic heterocycles. The molecule has 0 fully saturated rings. The fourth-order valence-corrected chi connectivity index (χ4v) is 2.34. The number of hydrogen-bond donors (Lipinski definition) is 0. The lowest BCUT2D eigenvalue weighted by atomic mass is 10.2. The summed E-state index contributed by atoms with van der Waals surface area (Å²) < 4.78 is 6.43. The van der Waals surface area contributed by atoms with Crippen molar-refractivity contribution >= 4 is 8.32 Å². The summed E-state index contributed by atoms with van der Waals surface area (Å²) in [6, 6.07) is 0.308. The normalized spacial score (nSPS) is 13.7. The van der Waals surface area contributed by atoms with Crippen molar-refractivity contribution in [3.63, 3.8) is 0 Å². The van der Waals surface area contributed by atoms with Gasteiger partial charge < -0.3 is 9.33 Å². The van der Waals surface area contributed by atoms with Crippen LogP contribution in [0.3, 0.4) is 0 Å². The van der Waals surface area contributed by atoms with Crippen molar-refractivity contribution in [2.75, 3.05) is 0 Å². The van der Waals surface area contributed by atoms with Gasteiger partial charge >= 0.3 is 0 Å². The molecule has 0 radical (unpaired) electrons. The van der Waals surface area contributed by atoms with E-state index in [9.17, 15) is 0 Å². The van der Waals surface area contributed by atoms with Crippen LogP contribution in [0.25, 0.3) is 0 Å². The highest BCUT2D eigenvalue weighted by molar-refractivity contribution is 6.74. The molecular formula is C17H31NOSi. The zero-order valence-corrected chi connectivity index (χ0v) is 15.2. The van der Waals surface area contributed by atoms with Gasteiger partial charge in [-0.3, -0.25) is 0 Å². The van der Waals surface area contributed by atoms with Crippen molar-refractivity contribution in [3.05, 3.63) is 49.5 Å². The minimum atomic E-state index is -1.87. The molecule has 0 aliphatic rings. The average molecular weight is 294 g/mol. The molecule has 0 amide bonds. The van der Waals surface area contributed by atoms with Gasteiger partial charge in [0, 0.05) is 12.2 Å². The molecule has 114 valence electrons. The molecule has 20 heavy (non-hydrogen) atoms. The van der Waals surface area contributed by atoms with Crippen molar-refractivity contribution in [1.82, 2.24) is 4.90 Å². The SMILES string of the molecule is C=C/C=C(\O[Si](C)(C)C(C)(C)C)N(/C=C/C=C)C(C)C. The summed E-state index contributed by atoms with van der Waals surface area (Å²) in [5, 5.41) is 0.165. The summed E-state index contributed by atoms with van der Waals surface area (Å²) in [6.07, 6.45) is 9.41. The zero-order chi connectivity index (χ0) is 16.0. The fourth-order valence-electron chi connectivity index (χ4n) is 1.34. The molecule has 0 unspecified atom stereocenters. The van der Waals surface area contributed by atoms with E-state index in [0.29, 0.717) is 6.04 Å². The lowest BCUT2D eigenvalue weighted by Gasteiger charge is -2.40. The topological polar surface area (TPSA) is 12.5 Å². The lowest BCUT2D eigenvalue weighted by Crippen LogP contribution is -2.43. The highest BCUT2D eigenvalue weighted by Gasteiger charge is 2.40. The van der Waals surface area contributed by atoms with E-state index in [4.69, 9.17) is 4.43 Å². The van der Waals surface area contributed by atoms with Crippen LogP contribution in [0.4, 0.5) is 0 Å². The van der Waals surface area contributed by atoms with Crippen LogP contribution < -0.4 is 0 Å². The van der Waals surface area contributed by atoms with E-state index in [-0.39, 0.29) is 5.04 Å². The Bertz CT molecular complexity index is 386. The Hall–Kier alpha value is -1.22. The molecule has 0 heterocycles. The van der Waals surface area contributed by atoms with Crippen LogP contribution in [0, 0.1) is 0 Å². The molecule has 0 saturated heterocycles. The standard InChI is InChI=1S/C17H31NOSi/c1-10-12-14-18(15(3)4)16(13-11-2)19-20(8,9)17(5,6)7/h10-15H,1-2H2,3-9H3/b14-12+,16-13-.